The van der Waals surface area contributed by atoms with Gasteiger partial charge in [0, 0.05) is 19.6 Å². The summed E-state index contributed by atoms with van der Waals surface area (Å²) in [5.41, 5.74) is 5.58. The molecule has 4 nitrogen and oxygen atoms in total. The van der Waals surface area contributed by atoms with Crippen LogP contribution in [0.1, 0.15) is 27.7 Å². The van der Waals surface area contributed by atoms with E-state index in [0.29, 0.717) is 6.54 Å². The summed E-state index contributed by atoms with van der Waals surface area (Å²) in [6, 6.07) is 0.0859. The molecule has 2 N–H and O–H groups in total. The Morgan fingerprint density at radius 3 is 2.31 bits per heavy atom. The van der Waals surface area contributed by atoms with Gasteiger partial charge < -0.3 is 15.4 Å². The summed E-state index contributed by atoms with van der Waals surface area (Å²) in [7, 11) is 1.82. The van der Waals surface area contributed by atoms with Gasteiger partial charge in [-0.25, -0.2) is 0 Å². The monoisotopic (exact) mass is 228 g/mol. The highest BCUT2D eigenvalue weighted by Gasteiger charge is 2.43. The first-order valence-corrected chi connectivity index (χ1v) is 6.02. The van der Waals surface area contributed by atoms with Crippen LogP contribution in [0.5, 0.6) is 0 Å². The lowest BCUT2D eigenvalue weighted by Crippen LogP contribution is -2.45. The molecule has 1 saturated heterocycles. The molecule has 1 aliphatic heterocycles. The third kappa shape index (κ3) is 2.38. The first-order valence-electron chi connectivity index (χ1n) is 6.02. The van der Waals surface area contributed by atoms with E-state index in [1.165, 1.54) is 0 Å². The lowest BCUT2D eigenvalue weighted by atomic mass is 9.88. The van der Waals surface area contributed by atoms with Crippen molar-refractivity contribution in [3.63, 3.8) is 0 Å². The van der Waals surface area contributed by atoms with Gasteiger partial charge in [-0.05, 0) is 26.7 Å². The molecule has 5 atom stereocenters. The predicted octanol–water partition coefficient (Wildman–Crippen LogP) is 0.852. The summed E-state index contributed by atoms with van der Waals surface area (Å²) >= 11 is 0. The second-order valence-electron chi connectivity index (χ2n) is 4.97. The molecule has 4 heteroatoms. The van der Waals surface area contributed by atoms with Crippen LogP contribution in [0.2, 0.25) is 0 Å². The van der Waals surface area contributed by atoms with Gasteiger partial charge >= 0.3 is 0 Å². The first-order chi connectivity index (χ1) is 7.40. The maximum absolute atomic E-state index is 12.3. The van der Waals surface area contributed by atoms with Crippen molar-refractivity contribution in [3.8, 4) is 0 Å². The fourth-order valence-corrected chi connectivity index (χ4v) is 2.30. The molecule has 16 heavy (non-hydrogen) atoms. The summed E-state index contributed by atoms with van der Waals surface area (Å²) in [4.78, 5) is 14.1. The highest BCUT2D eigenvalue weighted by molar-refractivity contribution is 5.80. The largest absolute Gasteiger partial charge is 0.374 e. The second-order valence-corrected chi connectivity index (χ2v) is 4.97. The number of rotatable bonds is 3. The molecule has 1 rings (SSSR count). The fourth-order valence-electron chi connectivity index (χ4n) is 2.30. The van der Waals surface area contributed by atoms with Crippen molar-refractivity contribution in [3.05, 3.63) is 0 Å². The highest BCUT2D eigenvalue weighted by Crippen LogP contribution is 2.33. The molecule has 0 bridgehead atoms. The number of hydrogen-bond acceptors (Lipinski definition) is 3. The molecule has 1 aliphatic rings. The normalized spacial score (nSPS) is 36.1. The standard InChI is InChI=1S/C12H24N2O2/c1-7(6-13)14(5)12(15)11-8(2)9(3)16-10(11)4/h7-11H,6,13H2,1-5H3. The van der Waals surface area contributed by atoms with Gasteiger partial charge in [-0.1, -0.05) is 6.92 Å². The van der Waals surface area contributed by atoms with Crippen molar-refractivity contribution >= 4 is 5.91 Å². The van der Waals surface area contributed by atoms with E-state index in [2.05, 4.69) is 6.92 Å². The molecule has 0 spiro atoms. The van der Waals surface area contributed by atoms with E-state index in [4.69, 9.17) is 10.5 Å². The van der Waals surface area contributed by atoms with Crippen molar-refractivity contribution in [2.45, 2.75) is 45.9 Å². The van der Waals surface area contributed by atoms with Crippen LogP contribution >= 0.6 is 0 Å². The van der Waals surface area contributed by atoms with Crippen molar-refractivity contribution in [1.82, 2.24) is 4.90 Å². The van der Waals surface area contributed by atoms with Crippen molar-refractivity contribution in [2.24, 2.45) is 17.6 Å². The minimum atomic E-state index is -0.0333. The smallest absolute Gasteiger partial charge is 0.228 e. The number of carbonyl (C=O) groups excluding carboxylic acids is 1. The third-order valence-electron chi connectivity index (χ3n) is 3.88. The third-order valence-corrected chi connectivity index (χ3v) is 3.88. The van der Waals surface area contributed by atoms with E-state index < -0.39 is 0 Å². The van der Waals surface area contributed by atoms with E-state index in [-0.39, 0.29) is 36.0 Å². The number of likely N-dealkylation sites (N-methyl/N-ethyl adjacent to an activating group) is 1. The zero-order valence-electron chi connectivity index (χ0n) is 10.9. The number of amides is 1. The van der Waals surface area contributed by atoms with Crippen LogP contribution in [0.25, 0.3) is 0 Å². The molecule has 0 aromatic rings. The molecule has 0 saturated carbocycles. The van der Waals surface area contributed by atoms with Crippen LogP contribution < -0.4 is 5.73 Å². The van der Waals surface area contributed by atoms with Gasteiger partial charge in [0.2, 0.25) is 5.91 Å². The SMILES string of the molecule is CC1OC(C)C(C(=O)N(C)C(C)CN)C1C. The zero-order valence-corrected chi connectivity index (χ0v) is 10.9. The van der Waals surface area contributed by atoms with Gasteiger partial charge in [-0.3, -0.25) is 4.79 Å². The molecule has 1 heterocycles. The zero-order chi connectivity index (χ0) is 12.5. The van der Waals surface area contributed by atoms with Crippen LogP contribution in [0.15, 0.2) is 0 Å². The molecule has 1 fully saturated rings. The first kappa shape index (κ1) is 13.5. The maximum atomic E-state index is 12.3. The van der Waals surface area contributed by atoms with E-state index in [0.717, 1.165) is 0 Å². The Kier molecular flexibility index (Phi) is 4.33. The van der Waals surface area contributed by atoms with Crippen LogP contribution in [-0.2, 0) is 9.53 Å². The van der Waals surface area contributed by atoms with Gasteiger partial charge in [0.05, 0.1) is 18.1 Å². The van der Waals surface area contributed by atoms with E-state index in [1.54, 1.807) is 4.90 Å². The van der Waals surface area contributed by atoms with Gasteiger partial charge in [0.25, 0.3) is 0 Å². The molecule has 0 aromatic heterocycles. The van der Waals surface area contributed by atoms with Gasteiger partial charge in [-0.2, -0.15) is 0 Å². The van der Waals surface area contributed by atoms with Crippen LogP contribution in [0.3, 0.4) is 0 Å². The van der Waals surface area contributed by atoms with Gasteiger partial charge in [0.1, 0.15) is 0 Å². The lowest BCUT2D eigenvalue weighted by Gasteiger charge is -2.29. The summed E-state index contributed by atoms with van der Waals surface area (Å²) in [6.45, 7) is 8.54. The Morgan fingerprint density at radius 1 is 1.38 bits per heavy atom. The topological polar surface area (TPSA) is 55.6 Å². The van der Waals surface area contributed by atoms with Crippen molar-refractivity contribution < 1.29 is 9.53 Å². The molecule has 5 unspecified atom stereocenters. The molecule has 0 radical (unpaired) electrons. The average Bonchev–Trinajstić information content (AvgIpc) is 2.50. The molecular weight excluding hydrogens is 204 g/mol. The molecule has 0 aromatic carbocycles. The van der Waals surface area contributed by atoms with Gasteiger partial charge in [0.15, 0.2) is 0 Å². The van der Waals surface area contributed by atoms with E-state index in [1.807, 2.05) is 27.8 Å². The Hall–Kier alpha value is -0.610. The molecule has 1 amide bonds. The fraction of sp³-hybridized carbons (Fsp3) is 0.917. The maximum Gasteiger partial charge on any atom is 0.228 e. The van der Waals surface area contributed by atoms with Gasteiger partial charge in [-0.15, -0.1) is 0 Å². The molecular formula is C12H24N2O2. The highest BCUT2D eigenvalue weighted by atomic mass is 16.5. The van der Waals surface area contributed by atoms with Crippen LogP contribution in [0.4, 0.5) is 0 Å². The summed E-state index contributed by atoms with van der Waals surface area (Å²) in [5, 5.41) is 0. The Labute approximate surface area is 98.1 Å². The summed E-state index contributed by atoms with van der Waals surface area (Å²) < 4.78 is 5.69. The lowest BCUT2D eigenvalue weighted by molar-refractivity contribution is -0.138. The molecule has 94 valence electrons. The van der Waals surface area contributed by atoms with Crippen LogP contribution in [-0.4, -0.2) is 42.6 Å². The summed E-state index contributed by atoms with van der Waals surface area (Å²) in [6.07, 6.45) is 0.162. The number of ether oxygens (including phenoxy) is 1. The number of nitrogens with two attached hydrogens (primary N) is 1. The van der Waals surface area contributed by atoms with E-state index in [9.17, 15) is 4.79 Å². The molecule has 0 aliphatic carbocycles. The minimum absolute atomic E-state index is 0.00456. The quantitative estimate of drug-likeness (QED) is 0.779. The number of hydrogen-bond donors (Lipinski definition) is 1. The van der Waals surface area contributed by atoms with Crippen molar-refractivity contribution in [1.29, 1.82) is 0 Å². The number of carbonyl (C=O) groups is 1. The van der Waals surface area contributed by atoms with E-state index >= 15 is 0 Å². The minimum Gasteiger partial charge on any atom is -0.374 e. The Morgan fingerprint density at radius 2 is 1.94 bits per heavy atom. The number of nitrogens with zero attached hydrogens (tertiary/aromatic N) is 1. The Balaban J connectivity index is 2.73. The predicted molar refractivity (Wildman–Crippen MR) is 63.9 cm³/mol. The Bertz CT molecular complexity index is 257. The second kappa shape index (κ2) is 5.15. The average molecular weight is 228 g/mol. The van der Waals surface area contributed by atoms with Crippen molar-refractivity contribution in [2.75, 3.05) is 13.6 Å². The van der Waals surface area contributed by atoms with Crippen LogP contribution in [0, 0.1) is 11.8 Å². The summed E-state index contributed by atoms with van der Waals surface area (Å²) in [5.74, 6) is 0.395.